The quantitative estimate of drug-likeness (QED) is 0.140. The zero-order valence-corrected chi connectivity index (χ0v) is 80.8. The first-order valence-corrected chi connectivity index (χ1v) is 42.7. The van der Waals surface area contributed by atoms with Crippen LogP contribution < -0.4 is 40.8 Å². The van der Waals surface area contributed by atoms with Gasteiger partial charge in [-0.3, -0.25) is 60.0 Å². The number of halogens is 5. The number of pyridine rings is 7. The van der Waals surface area contributed by atoms with Crippen LogP contribution in [0.4, 0.5) is 13.2 Å². The fourth-order valence-corrected chi connectivity index (χ4v) is 12.3. The summed E-state index contributed by atoms with van der Waals surface area (Å²) in [7, 11) is 9.75. The van der Waals surface area contributed by atoms with Gasteiger partial charge in [0.05, 0.1) is 40.9 Å². The average Bonchev–Trinajstić information content (AvgIpc) is 1.52. The molecule has 2 unspecified atom stereocenters. The van der Waals surface area contributed by atoms with Gasteiger partial charge >= 0.3 is 111 Å². The Bertz CT molecular complexity index is 5590. The molecule has 0 spiro atoms. The summed E-state index contributed by atoms with van der Waals surface area (Å²) < 4.78 is 36.6. The fourth-order valence-electron chi connectivity index (χ4n) is 12.3. The monoisotopic (exact) mass is 2630 g/mol. The third-order valence-corrected chi connectivity index (χ3v) is 18.4. The topological polar surface area (TPSA) is 421 Å². The average molecular weight is 2640 g/mol. The van der Waals surface area contributed by atoms with Gasteiger partial charge in [0.15, 0.2) is 0 Å². The smallest absolute Gasteiger partial charge is 0 e. The van der Waals surface area contributed by atoms with Crippen LogP contribution in [0.3, 0.4) is 0 Å². The van der Waals surface area contributed by atoms with E-state index in [9.17, 15) is 18.0 Å². The molecule has 1 fully saturated rings. The van der Waals surface area contributed by atoms with Crippen molar-refractivity contribution in [2.24, 2.45) is 5.41 Å². The number of benzene rings is 1. The normalized spacial score (nSPS) is 13.0. The van der Waals surface area contributed by atoms with Crippen molar-refractivity contribution >= 4 is 35.6 Å². The summed E-state index contributed by atoms with van der Waals surface area (Å²) in [6, 6.07) is 51.3. The Morgan fingerprint density at radius 3 is 1.15 bits per heavy atom. The van der Waals surface area contributed by atoms with Gasteiger partial charge in [-0.25, -0.2) is 9.78 Å². The second-order valence-corrected chi connectivity index (χ2v) is 30.4. The molecule has 1 saturated carbocycles. The molecular weight excluding hydrogens is 2560 g/mol. The second kappa shape index (κ2) is 50.0. The largest absolute Gasteiger partial charge is 2.00 e. The molecule has 2 aliphatic rings. The Morgan fingerprint density at radius 1 is 0.429 bits per heavy atom. The first kappa shape index (κ1) is 102. The number of carbonyl (C=O) groups is 1. The molecule has 18 aromatic rings. The Kier molecular flexibility index (Phi) is 40.3. The number of aromatic carboxylic acids is 1. The minimum Gasteiger partial charge on any atom is 0 e. The Hall–Kier alpha value is -11.5. The molecule has 20 rings (SSSR count). The number of carboxylic acids is 1. The van der Waals surface area contributed by atoms with Crippen molar-refractivity contribution < 1.29 is 124 Å². The van der Waals surface area contributed by atoms with Crippen molar-refractivity contribution in [1.29, 1.82) is 0 Å². The van der Waals surface area contributed by atoms with E-state index in [4.69, 9.17) is 23.9 Å². The number of fused-ring (bicyclic) bond motifs is 6. The molecule has 0 radical (unpaired) electrons. The molecule has 126 heavy (non-hydrogen) atoms. The standard InChI is InChI=1S/C20H20N3.C9H5F3N3.2C9H8N3.4C8H7N4.C6H5NO2.2ClH.5Pt/c1-19(2)14-8-10-20(19,3)18-15(14)17(22-23-18)16-13-7-5-4-6-12(13)9-11-21-16;10-9(11,12)8-5-7(14-15-8)6-3-1-2-4-13-6;2*1-7-6-9(12-11-7)8-4-2-3-5-10-8;2*1-6-4-7(12-11-6)8-5-9-2-3-10-8;2*1-6-10-8(12-11-6)7-4-2-3-5-9-7;8-6(9)5-3-1-2-4-7-5;;;;;;;/h4-7,9,11,14H,8,10H2,1-3H3;1-5H;2*2-6H,1H3;4*2-5H,1H3;1-4H,(H,8,9);2*1H;;;;;/q8*-1;;;;;4*+2/p-2. The Morgan fingerprint density at radius 2 is 0.810 bits per heavy atom. The van der Waals surface area contributed by atoms with Crippen molar-refractivity contribution in [3.63, 3.8) is 0 Å². The molecular formula is C85H74Cl2F3N29O2Pt5-2. The number of aryl methyl sites for hydroxylation is 6. The molecule has 31 nitrogen and oxygen atoms in total. The van der Waals surface area contributed by atoms with Crippen LogP contribution in [0, 0.1) is 47.0 Å². The van der Waals surface area contributed by atoms with Gasteiger partial charge in [-0.05, 0) is 173 Å². The van der Waals surface area contributed by atoms with E-state index in [2.05, 4.69) is 197 Å². The van der Waals surface area contributed by atoms with Crippen LogP contribution in [0.1, 0.15) is 101 Å². The Labute approximate surface area is 795 Å². The SMILES string of the molecule is CC12CCC(c3c1n[n-]c3-c1nccc3ccccc13)C2(C)C.Cc1cc(-c2ccccn2)[n-]n1.Cc1cc(-c2ccccn2)[n-]n1.Cc1cc(-c2cnccn2)[n-]n1.Cc1cc(-c2cnccn2)[n-]n1.Cc1n[n-]c(-c2ccccn2)n1.Cc1n[n-]c(-c2ccccn2)n1.FC(F)(F)c1cc(-c2ccccn2)[n-]n1.O=C(O)c1ccccn1.[Cl][Pt][Cl].[Pt+2].[Pt+2].[Pt+2].[Pt]. The molecule has 658 valence electrons. The fraction of sp³-hybridized carbons (Fsp3) is 0.176. The van der Waals surface area contributed by atoms with E-state index in [-0.39, 0.29) is 106 Å². The van der Waals surface area contributed by atoms with Crippen LogP contribution in [0.2, 0.25) is 0 Å². The first-order valence-electron chi connectivity index (χ1n) is 37.1. The zero-order valence-electron chi connectivity index (χ0n) is 68.0. The van der Waals surface area contributed by atoms with E-state index in [1.165, 1.54) is 53.3 Å². The molecule has 17 aromatic heterocycles. The molecule has 2 atom stereocenters. The van der Waals surface area contributed by atoms with Crippen molar-refractivity contribution in [3.8, 4) is 91.4 Å². The number of hydrogen-bond donors (Lipinski definition) is 1. The van der Waals surface area contributed by atoms with Crippen LogP contribution >= 0.6 is 18.8 Å². The molecule has 2 aliphatic carbocycles. The van der Waals surface area contributed by atoms with E-state index in [0.29, 0.717) is 34.9 Å². The molecule has 1 aromatic carbocycles. The molecule has 1 N–H and O–H groups in total. The molecule has 17 heterocycles. The van der Waals surface area contributed by atoms with Gasteiger partial charge in [-0.2, -0.15) is 13.2 Å². The van der Waals surface area contributed by atoms with Crippen LogP contribution in [0.5, 0.6) is 0 Å². The predicted molar refractivity (Wildman–Crippen MR) is 444 cm³/mol. The maximum atomic E-state index is 12.2. The number of hydrogen-bond acceptors (Lipinski definition) is 22. The van der Waals surface area contributed by atoms with Crippen LogP contribution in [0.25, 0.3) is 102 Å². The molecule has 0 saturated heterocycles. The summed E-state index contributed by atoms with van der Waals surface area (Å²) in [6.45, 7) is 18.4. The Balaban J connectivity index is 0.000000195. The van der Waals surface area contributed by atoms with Crippen molar-refractivity contribution in [3.05, 3.63) is 307 Å². The van der Waals surface area contributed by atoms with Gasteiger partial charge in [0.1, 0.15) is 11.4 Å². The third-order valence-electron chi connectivity index (χ3n) is 18.4. The van der Waals surface area contributed by atoms with E-state index >= 15 is 0 Å². The van der Waals surface area contributed by atoms with Gasteiger partial charge in [-0.15, -0.1) is 0 Å². The second-order valence-electron chi connectivity index (χ2n) is 27.1. The summed E-state index contributed by atoms with van der Waals surface area (Å²) in [6.07, 6.45) is 19.6. The van der Waals surface area contributed by atoms with Crippen molar-refractivity contribution in [2.75, 3.05) is 0 Å². The zero-order chi connectivity index (χ0) is 86.4. The first-order chi connectivity index (χ1) is 59.0. The third kappa shape index (κ3) is 28.3. The van der Waals surface area contributed by atoms with E-state index < -0.39 is 34.3 Å². The minimum absolute atomic E-state index is 0. The summed E-state index contributed by atoms with van der Waals surface area (Å²) in [5.74, 6) is 2.09. The number of carboxylic acid groups (broad SMARTS) is 1. The number of alkyl halides is 3. The summed E-state index contributed by atoms with van der Waals surface area (Å²) in [5, 5.41) is 73.1. The number of aromatic nitrogens is 29. The molecule has 0 aliphatic heterocycles. The maximum absolute atomic E-state index is 12.2. The molecule has 41 heteroatoms. The van der Waals surface area contributed by atoms with Gasteiger partial charge in [0.25, 0.3) is 0 Å². The minimum atomic E-state index is -4.46. The van der Waals surface area contributed by atoms with Gasteiger partial charge < -0.3 is 86.5 Å². The van der Waals surface area contributed by atoms with Crippen LogP contribution in [0.15, 0.2) is 250 Å². The van der Waals surface area contributed by atoms with Gasteiger partial charge in [0, 0.05) is 157 Å². The van der Waals surface area contributed by atoms with Crippen molar-refractivity contribution in [1.82, 2.24) is 146 Å². The number of rotatable bonds is 9. The number of nitrogens with zero attached hydrogens (tertiary/aromatic N) is 29. The maximum Gasteiger partial charge on any atom is 2.00 e. The van der Waals surface area contributed by atoms with E-state index in [1.54, 1.807) is 106 Å². The summed E-state index contributed by atoms with van der Waals surface area (Å²) >= 11 is -0.472. The summed E-state index contributed by atoms with van der Waals surface area (Å²) in [4.78, 5) is 63.1. The molecule has 2 bridgehead atoms. The summed E-state index contributed by atoms with van der Waals surface area (Å²) in [5.41, 5.74) is 16.3. The van der Waals surface area contributed by atoms with Crippen molar-refractivity contribution in [2.45, 2.75) is 92.7 Å². The van der Waals surface area contributed by atoms with Gasteiger partial charge in [-0.1, -0.05) is 140 Å². The van der Waals surface area contributed by atoms with Crippen LogP contribution in [-0.2, 0) is 112 Å². The van der Waals surface area contributed by atoms with E-state index in [1.807, 2.05) is 131 Å². The van der Waals surface area contributed by atoms with Gasteiger partial charge in [0.2, 0.25) is 0 Å². The predicted octanol–water partition coefficient (Wildman–Crippen LogP) is 14.7. The molecule has 0 amide bonds. The van der Waals surface area contributed by atoms with E-state index in [0.717, 1.165) is 97.2 Å². The van der Waals surface area contributed by atoms with Crippen LogP contribution in [-0.4, -0.2) is 117 Å².